The van der Waals surface area contributed by atoms with Crippen LogP contribution < -0.4 is 5.32 Å². The van der Waals surface area contributed by atoms with Gasteiger partial charge in [0.05, 0.1) is 13.1 Å². The van der Waals surface area contributed by atoms with Gasteiger partial charge in [-0.2, -0.15) is 11.8 Å². The van der Waals surface area contributed by atoms with Crippen LogP contribution in [0.25, 0.3) is 0 Å². The van der Waals surface area contributed by atoms with Gasteiger partial charge in [0.15, 0.2) is 0 Å². The van der Waals surface area contributed by atoms with E-state index in [0.717, 1.165) is 36.9 Å². The van der Waals surface area contributed by atoms with Crippen LogP contribution in [-0.2, 0) is 13.1 Å². The lowest BCUT2D eigenvalue weighted by atomic mass is 10.2. The molecule has 18 heavy (non-hydrogen) atoms. The van der Waals surface area contributed by atoms with Crippen molar-refractivity contribution in [2.75, 3.05) is 25.6 Å². The number of nitrogens with one attached hydrogen (secondary N) is 1. The predicted octanol–water partition coefficient (Wildman–Crippen LogP) is 2.88. The first-order chi connectivity index (χ1) is 8.52. The zero-order valence-corrected chi connectivity index (χ0v) is 13.1. The van der Waals surface area contributed by atoms with Crippen molar-refractivity contribution in [3.63, 3.8) is 0 Å². The molecule has 0 amide bonds. The Balaban J connectivity index is 2.49. The Labute approximate surface area is 115 Å². The van der Waals surface area contributed by atoms with E-state index >= 15 is 0 Å². The highest BCUT2D eigenvalue weighted by Gasteiger charge is 2.09. The highest BCUT2D eigenvalue weighted by atomic mass is 32.2. The second-order valence-corrected chi connectivity index (χ2v) is 6.07. The topological polar surface area (TPSA) is 28.4 Å². The minimum absolute atomic E-state index is 0.488. The largest absolute Gasteiger partial charge is 0.463 e. The number of aryl methyl sites for hydroxylation is 1. The third kappa shape index (κ3) is 5.46. The summed E-state index contributed by atoms with van der Waals surface area (Å²) in [4.78, 5) is 2.30. The van der Waals surface area contributed by atoms with Crippen LogP contribution in [0.3, 0.4) is 0 Å². The SMILES string of the molecule is CSCCN(C)Cc1cc(C)c(CNC(C)C)o1. The van der Waals surface area contributed by atoms with E-state index in [4.69, 9.17) is 4.42 Å². The van der Waals surface area contributed by atoms with E-state index in [2.05, 4.69) is 50.4 Å². The van der Waals surface area contributed by atoms with E-state index in [1.807, 2.05) is 11.8 Å². The fraction of sp³-hybridized carbons (Fsp3) is 0.714. The average molecular weight is 270 g/mol. The van der Waals surface area contributed by atoms with Gasteiger partial charge in [0.1, 0.15) is 11.5 Å². The van der Waals surface area contributed by atoms with Crippen molar-refractivity contribution in [2.24, 2.45) is 0 Å². The first-order valence-corrected chi connectivity index (χ1v) is 7.91. The van der Waals surface area contributed by atoms with Gasteiger partial charge in [0.25, 0.3) is 0 Å². The number of hydrogen-bond acceptors (Lipinski definition) is 4. The molecule has 4 heteroatoms. The summed E-state index contributed by atoms with van der Waals surface area (Å²) in [5.41, 5.74) is 1.25. The van der Waals surface area contributed by atoms with Crippen LogP contribution in [0.5, 0.6) is 0 Å². The van der Waals surface area contributed by atoms with Crippen molar-refractivity contribution in [3.05, 3.63) is 23.2 Å². The van der Waals surface area contributed by atoms with Crippen molar-refractivity contribution in [3.8, 4) is 0 Å². The van der Waals surface area contributed by atoms with Gasteiger partial charge in [-0.15, -0.1) is 0 Å². The first kappa shape index (κ1) is 15.6. The minimum atomic E-state index is 0.488. The van der Waals surface area contributed by atoms with E-state index in [1.165, 1.54) is 5.56 Å². The van der Waals surface area contributed by atoms with Crippen LogP contribution in [0.15, 0.2) is 10.5 Å². The second kappa shape index (κ2) is 7.87. The molecule has 1 aromatic rings. The molecule has 1 aromatic heterocycles. The van der Waals surface area contributed by atoms with Crippen LogP contribution in [0.2, 0.25) is 0 Å². The molecule has 1 N–H and O–H groups in total. The molecule has 0 radical (unpaired) electrons. The second-order valence-electron chi connectivity index (χ2n) is 5.09. The van der Waals surface area contributed by atoms with E-state index < -0.39 is 0 Å². The van der Waals surface area contributed by atoms with E-state index in [1.54, 1.807) is 0 Å². The van der Waals surface area contributed by atoms with Crippen LogP contribution in [0.4, 0.5) is 0 Å². The molecule has 0 spiro atoms. The minimum Gasteiger partial charge on any atom is -0.463 e. The van der Waals surface area contributed by atoms with Gasteiger partial charge < -0.3 is 9.73 Å². The maximum atomic E-state index is 5.90. The van der Waals surface area contributed by atoms with Gasteiger partial charge in [0, 0.05) is 18.3 Å². The van der Waals surface area contributed by atoms with Crippen molar-refractivity contribution >= 4 is 11.8 Å². The Morgan fingerprint density at radius 2 is 2.17 bits per heavy atom. The monoisotopic (exact) mass is 270 g/mol. The molecule has 1 rings (SSSR count). The molecule has 104 valence electrons. The standard InChI is InChI=1S/C14H26N2OS/c1-11(2)15-9-14-12(3)8-13(17-14)10-16(4)6-7-18-5/h8,11,15H,6-7,9-10H2,1-5H3. The molecule has 0 saturated heterocycles. The first-order valence-electron chi connectivity index (χ1n) is 6.52. The highest BCUT2D eigenvalue weighted by Crippen LogP contribution is 2.16. The Kier molecular flexibility index (Phi) is 6.82. The van der Waals surface area contributed by atoms with Gasteiger partial charge in [-0.05, 0) is 31.9 Å². The van der Waals surface area contributed by atoms with Crippen molar-refractivity contribution in [1.82, 2.24) is 10.2 Å². The Morgan fingerprint density at radius 1 is 1.44 bits per heavy atom. The number of rotatable bonds is 8. The quantitative estimate of drug-likeness (QED) is 0.786. The average Bonchev–Trinajstić information content (AvgIpc) is 2.64. The molecular weight excluding hydrogens is 244 g/mol. The van der Waals surface area contributed by atoms with E-state index in [9.17, 15) is 0 Å². The molecule has 0 unspecified atom stereocenters. The molecular formula is C14H26N2OS. The molecule has 0 atom stereocenters. The molecule has 0 fully saturated rings. The van der Waals surface area contributed by atoms with Gasteiger partial charge in [0.2, 0.25) is 0 Å². The van der Waals surface area contributed by atoms with Crippen molar-refractivity contribution in [1.29, 1.82) is 0 Å². The molecule has 3 nitrogen and oxygen atoms in total. The van der Waals surface area contributed by atoms with Gasteiger partial charge in [-0.3, -0.25) is 4.90 Å². The lowest BCUT2D eigenvalue weighted by Crippen LogP contribution is -2.22. The zero-order valence-electron chi connectivity index (χ0n) is 12.2. The summed E-state index contributed by atoms with van der Waals surface area (Å²) >= 11 is 1.88. The zero-order chi connectivity index (χ0) is 13.5. The Bertz CT molecular complexity index is 350. The summed E-state index contributed by atoms with van der Waals surface area (Å²) in [6, 6.07) is 2.65. The summed E-state index contributed by atoms with van der Waals surface area (Å²) in [5.74, 6) is 3.30. The summed E-state index contributed by atoms with van der Waals surface area (Å²) in [7, 11) is 2.14. The molecule has 0 bridgehead atoms. The third-order valence-corrected chi connectivity index (χ3v) is 3.44. The van der Waals surface area contributed by atoms with E-state index in [-0.39, 0.29) is 0 Å². The van der Waals surface area contributed by atoms with Crippen LogP contribution in [0, 0.1) is 6.92 Å². The van der Waals surface area contributed by atoms with Crippen LogP contribution in [0.1, 0.15) is 30.9 Å². The highest BCUT2D eigenvalue weighted by molar-refractivity contribution is 7.98. The maximum Gasteiger partial charge on any atom is 0.120 e. The number of thioether (sulfide) groups is 1. The number of nitrogens with zero attached hydrogens (tertiary/aromatic N) is 1. The molecule has 0 aromatic carbocycles. The fourth-order valence-electron chi connectivity index (χ4n) is 1.73. The maximum absolute atomic E-state index is 5.90. The summed E-state index contributed by atoms with van der Waals surface area (Å²) in [5, 5.41) is 3.39. The smallest absolute Gasteiger partial charge is 0.120 e. The van der Waals surface area contributed by atoms with Gasteiger partial charge >= 0.3 is 0 Å². The Hall–Kier alpha value is -0.450. The van der Waals surface area contributed by atoms with Crippen LogP contribution in [-0.4, -0.2) is 36.5 Å². The predicted molar refractivity (Wildman–Crippen MR) is 80.1 cm³/mol. The normalized spacial score (nSPS) is 11.7. The van der Waals surface area contributed by atoms with Crippen molar-refractivity contribution in [2.45, 2.75) is 39.9 Å². The number of hydrogen-bond donors (Lipinski definition) is 1. The molecule has 1 heterocycles. The lowest BCUT2D eigenvalue weighted by molar-refractivity contribution is 0.303. The molecule has 0 aliphatic heterocycles. The Morgan fingerprint density at radius 3 is 2.78 bits per heavy atom. The number of furan rings is 1. The van der Waals surface area contributed by atoms with Crippen LogP contribution >= 0.6 is 11.8 Å². The summed E-state index contributed by atoms with van der Waals surface area (Å²) in [6.45, 7) is 9.22. The molecule has 0 aliphatic carbocycles. The van der Waals surface area contributed by atoms with Gasteiger partial charge in [-0.1, -0.05) is 13.8 Å². The molecule has 0 saturated carbocycles. The molecule has 0 aliphatic rings. The fourth-order valence-corrected chi connectivity index (χ4v) is 2.23. The summed E-state index contributed by atoms with van der Waals surface area (Å²) < 4.78 is 5.90. The van der Waals surface area contributed by atoms with Gasteiger partial charge in [-0.25, -0.2) is 0 Å². The van der Waals surface area contributed by atoms with Crippen molar-refractivity contribution < 1.29 is 4.42 Å². The lowest BCUT2D eigenvalue weighted by Gasteiger charge is -2.13. The van der Waals surface area contributed by atoms with E-state index in [0.29, 0.717) is 6.04 Å². The summed E-state index contributed by atoms with van der Waals surface area (Å²) in [6.07, 6.45) is 2.14. The third-order valence-electron chi connectivity index (χ3n) is 2.85.